The summed E-state index contributed by atoms with van der Waals surface area (Å²) in [5.41, 5.74) is 1.72. The molecule has 0 saturated carbocycles. The first kappa shape index (κ1) is 20.9. The molecule has 1 aromatic rings. The summed E-state index contributed by atoms with van der Waals surface area (Å²) >= 11 is 0. The average molecular weight is 374 g/mol. The monoisotopic (exact) mass is 374 g/mol. The molecule has 2 amide bonds. The number of rotatable bonds is 7. The van der Waals surface area contributed by atoms with Crippen molar-refractivity contribution in [3.63, 3.8) is 0 Å². The summed E-state index contributed by atoms with van der Waals surface area (Å²) in [7, 11) is 0. The van der Waals surface area contributed by atoms with Gasteiger partial charge in [-0.15, -0.1) is 0 Å². The standard InChI is InChI=1S/C21H30N2O4/c1-14(2)11-18(21(26)27)12-22-19(24)17-5-4-10-23(13-17)20(25)16-8-6-15(3)7-9-16/h6-9,14,17-18H,4-5,10-13H2,1-3H3,(H,22,24)(H,26,27). The Labute approximate surface area is 160 Å². The van der Waals surface area contributed by atoms with Gasteiger partial charge in [-0.1, -0.05) is 31.5 Å². The van der Waals surface area contributed by atoms with Crippen molar-refractivity contribution in [2.75, 3.05) is 19.6 Å². The molecule has 1 fully saturated rings. The van der Waals surface area contributed by atoms with E-state index in [4.69, 9.17) is 0 Å². The number of aliphatic carboxylic acids is 1. The largest absolute Gasteiger partial charge is 0.481 e. The van der Waals surface area contributed by atoms with Crippen LogP contribution in [-0.4, -0.2) is 47.4 Å². The van der Waals surface area contributed by atoms with Gasteiger partial charge in [0.2, 0.25) is 5.91 Å². The number of amides is 2. The zero-order chi connectivity index (χ0) is 20.0. The molecule has 2 atom stereocenters. The van der Waals surface area contributed by atoms with E-state index in [1.165, 1.54) is 0 Å². The van der Waals surface area contributed by atoms with Gasteiger partial charge in [-0.2, -0.15) is 0 Å². The number of hydrogen-bond acceptors (Lipinski definition) is 3. The van der Waals surface area contributed by atoms with E-state index in [9.17, 15) is 19.5 Å². The molecule has 0 aliphatic carbocycles. The Morgan fingerprint density at radius 1 is 1.22 bits per heavy atom. The molecule has 1 aliphatic heterocycles. The minimum atomic E-state index is -0.885. The second-order valence-corrected chi connectivity index (χ2v) is 7.87. The van der Waals surface area contributed by atoms with Crippen LogP contribution in [-0.2, 0) is 9.59 Å². The van der Waals surface area contributed by atoms with Crippen LogP contribution in [0.3, 0.4) is 0 Å². The van der Waals surface area contributed by atoms with Gasteiger partial charge in [0.25, 0.3) is 5.91 Å². The fourth-order valence-electron chi connectivity index (χ4n) is 3.46. The van der Waals surface area contributed by atoms with Crippen molar-refractivity contribution >= 4 is 17.8 Å². The Kier molecular flexibility index (Phi) is 7.39. The lowest BCUT2D eigenvalue weighted by molar-refractivity contribution is -0.142. The van der Waals surface area contributed by atoms with Crippen LogP contribution in [0, 0.1) is 24.7 Å². The second kappa shape index (κ2) is 9.53. The van der Waals surface area contributed by atoms with E-state index in [2.05, 4.69) is 5.32 Å². The Morgan fingerprint density at radius 2 is 1.89 bits per heavy atom. The third kappa shape index (κ3) is 6.08. The molecule has 2 N–H and O–H groups in total. The van der Waals surface area contributed by atoms with Crippen LogP contribution in [0.4, 0.5) is 0 Å². The van der Waals surface area contributed by atoms with Crippen LogP contribution in [0.1, 0.15) is 49.0 Å². The summed E-state index contributed by atoms with van der Waals surface area (Å²) in [6.07, 6.45) is 2.01. The molecule has 2 unspecified atom stereocenters. The van der Waals surface area contributed by atoms with Crippen molar-refractivity contribution in [3.8, 4) is 0 Å². The smallest absolute Gasteiger partial charge is 0.308 e. The van der Waals surface area contributed by atoms with E-state index in [1.54, 1.807) is 4.90 Å². The Hall–Kier alpha value is -2.37. The molecule has 6 nitrogen and oxygen atoms in total. The zero-order valence-corrected chi connectivity index (χ0v) is 16.4. The van der Waals surface area contributed by atoms with Gasteiger partial charge in [0.05, 0.1) is 11.8 Å². The van der Waals surface area contributed by atoms with Gasteiger partial charge >= 0.3 is 5.97 Å². The molecule has 1 heterocycles. The van der Waals surface area contributed by atoms with Crippen LogP contribution in [0.5, 0.6) is 0 Å². The van der Waals surface area contributed by atoms with Gasteiger partial charge in [0, 0.05) is 25.2 Å². The van der Waals surface area contributed by atoms with E-state index in [0.29, 0.717) is 31.5 Å². The number of benzene rings is 1. The molecular formula is C21H30N2O4. The first-order chi connectivity index (χ1) is 12.8. The highest BCUT2D eigenvalue weighted by atomic mass is 16.4. The number of carbonyl (C=O) groups is 3. The number of likely N-dealkylation sites (tertiary alicyclic amines) is 1. The number of carboxylic acids is 1. The molecule has 2 rings (SSSR count). The van der Waals surface area contributed by atoms with Crippen molar-refractivity contribution in [1.82, 2.24) is 10.2 Å². The average Bonchev–Trinajstić information content (AvgIpc) is 2.64. The quantitative estimate of drug-likeness (QED) is 0.768. The lowest BCUT2D eigenvalue weighted by atomic mass is 9.94. The molecule has 0 bridgehead atoms. The summed E-state index contributed by atoms with van der Waals surface area (Å²) in [4.78, 5) is 38.3. The summed E-state index contributed by atoms with van der Waals surface area (Å²) in [6.45, 7) is 7.05. The predicted octanol–water partition coefficient (Wildman–Crippen LogP) is 2.71. The lowest BCUT2D eigenvalue weighted by Gasteiger charge is -2.32. The highest BCUT2D eigenvalue weighted by molar-refractivity contribution is 5.94. The summed E-state index contributed by atoms with van der Waals surface area (Å²) in [5, 5.41) is 12.1. The SMILES string of the molecule is Cc1ccc(C(=O)N2CCCC(C(=O)NCC(CC(C)C)C(=O)O)C2)cc1. The number of nitrogens with one attached hydrogen (secondary N) is 1. The molecule has 1 aromatic carbocycles. The van der Waals surface area contributed by atoms with Crippen molar-refractivity contribution < 1.29 is 19.5 Å². The Balaban J connectivity index is 1.92. The van der Waals surface area contributed by atoms with E-state index < -0.39 is 11.9 Å². The maximum atomic E-state index is 12.7. The molecule has 1 aliphatic rings. The van der Waals surface area contributed by atoms with Gasteiger partial charge in [-0.25, -0.2) is 0 Å². The molecule has 27 heavy (non-hydrogen) atoms. The minimum absolute atomic E-state index is 0.0595. The fraction of sp³-hybridized carbons (Fsp3) is 0.571. The zero-order valence-electron chi connectivity index (χ0n) is 16.4. The minimum Gasteiger partial charge on any atom is -0.481 e. The van der Waals surface area contributed by atoms with Crippen LogP contribution < -0.4 is 5.32 Å². The number of piperidine rings is 1. The Morgan fingerprint density at radius 3 is 2.48 bits per heavy atom. The number of carboxylic acid groups (broad SMARTS) is 1. The summed E-state index contributed by atoms with van der Waals surface area (Å²) in [5.74, 6) is -1.73. The predicted molar refractivity (Wildman–Crippen MR) is 103 cm³/mol. The number of nitrogens with zero attached hydrogens (tertiary/aromatic N) is 1. The molecule has 148 valence electrons. The maximum absolute atomic E-state index is 12.7. The number of aryl methyl sites for hydroxylation is 1. The van der Waals surface area contributed by atoms with Gasteiger partial charge in [0.15, 0.2) is 0 Å². The van der Waals surface area contributed by atoms with Crippen LogP contribution >= 0.6 is 0 Å². The van der Waals surface area contributed by atoms with Gasteiger partial charge < -0.3 is 15.3 Å². The van der Waals surface area contributed by atoms with E-state index in [-0.39, 0.29) is 30.2 Å². The van der Waals surface area contributed by atoms with Crippen molar-refractivity contribution in [3.05, 3.63) is 35.4 Å². The topological polar surface area (TPSA) is 86.7 Å². The number of hydrogen-bond donors (Lipinski definition) is 2. The first-order valence-electron chi connectivity index (χ1n) is 9.64. The van der Waals surface area contributed by atoms with Gasteiger partial charge in [0.1, 0.15) is 0 Å². The molecular weight excluding hydrogens is 344 g/mol. The maximum Gasteiger partial charge on any atom is 0.308 e. The third-order valence-electron chi connectivity index (χ3n) is 5.01. The van der Waals surface area contributed by atoms with Crippen LogP contribution in [0.2, 0.25) is 0 Å². The van der Waals surface area contributed by atoms with Crippen molar-refractivity contribution in [2.45, 2.75) is 40.0 Å². The van der Waals surface area contributed by atoms with Gasteiger partial charge in [-0.05, 0) is 44.2 Å². The molecule has 1 saturated heterocycles. The highest BCUT2D eigenvalue weighted by Crippen LogP contribution is 2.20. The molecule has 6 heteroatoms. The first-order valence-corrected chi connectivity index (χ1v) is 9.64. The Bertz CT molecular complexity index is 669. The van der Waals surface area contributed by atoms with E-state index >= 15 is 0 Å². The van der Waals surface area contributed by atoms with Crippen molar-refractivity contribution in [2.24, 2.45) is 17.8 Å². The number of carbonyl (C=O) groups excluding carboxylic acids is 2. The van der Waals surface area contributed by atoms with Gasteiger partial charge in [-0.3, -0.25) is 14.4 Å². The van der Waals surface area contributed by atoms with Crippen LogP contribution in [0.25, 0.3) is 0 Å². The molecule has 0 radical (unpaired) electrons. The summed E-state index contributed by atoms with van der Waals surface area (Å²) in [6, 6.07) is 7.43. The van der Waals surface area contributed by atoms with Crippen LogP contribution in [0.15, 0.2) is 24.3 Å². The lowest BCUT2D eigenvalue weighted by Crippen LogP contribution is -2.46. The molecule has 0 aromatic heterocycles. The second-order valence-electron chi connectivity index (χ2n) is 7.87. The third-order valence-corrected chi connectivity index (χ3v) is 5.01. The fourth-order valence-corrected chi connectivity index (χ4v) is 3.46. The van der Waals surface area contributed by atoms with E-state index in [1.807, 2.05) is 45.0 Å². The highest BCUT2D eigenvalue weighted by Gasteiger charge is 2.29. The van der Waals surface area contributed by atoms with E-state index in [0.717, 1.165) is 12.0 Å². The summed E-state index contributed by atoms with van der Waals surface area (Å²) < 4.78 is 0. The normalized spacial score (nSPS) is 18.2. The van der Waals surface area contributed by atoms with Crippen molar-refractivity contribution in [1.29, 1.82) is 0 Å². The molecule has 0 spiro atoms.